The van der Waals surface area contributed by atoms with Crippen LogP contribution in [0, 0.1) is 11.3 Å². The Bertz CT molecular complexity index is 944. The summed E-state index contributed by atoms with van der Waals surface area (Å²) in [7, 11) is -4.12. The van der Waals surface area contributed by atoms with Crippen LogP contribution in [0.1, 0.15) is 24.0 Å². The molecule has 6 heteroatoms. The largest absolute Gasteiger partial charge is 0.293 e. The Kier molecular flexibility index (Phi) is 7.24. The predicted octanol–water partition coefficient (Wildman–Crippen LogP) is 3.81. The molecule has 2 aromatic rings. The first-order valence-corrected chi connectivity index (χ1v) is 9.93. The minimum Gasteiger partial charge on any atom is -0.293 e. The lowest BCUT2D eigenvalue weighted by Crippen LogP contribution is -2.08. The van der Waals surface area contributed by atoms with Gasteiger partial charge in [-0.05, 0) is 29.2 Å². The third-order valence-electron chi connectivity index (χ3n) is 3.81. The van der Waals surface area contributed by atoms with Gasteiger partial charge < -0.3 is 0 Å². The molecule has 0 bridgehead atoms. The highest BCUT2D eigenvalue weighted by Crippen LogP contribution is 2.23. The molecule has 0 fully saturated rings. The molecule has 0 unspecified atom stereocenters. The lowest BCUT2D eigenvalue weighted by molar-refractivity contribution is -0.115. The summed E-state index contributed by atoms with van der Waals surface area (Å²) in [5.41, 5.74) is 2.68. The van der Waals surface area contributed by atoms with E-state index >= 15 is 0 Å². The molecule has 0 heterocycles. The van der Waals surface area contributed by atoms with Crippen molar-refractivity contribution in [2.75, 3.05) is 5.75 Å². The zero-order valence-electron chi connectivity index (χ0n) is 14.6. The minimum atomic E-state index is -4.12. The zero-order valence-corrected chi connectivity index (χ0v) is 15.4. The van der Waals surface area contributed by atoms with Gasteiger partial charge in [-0.25, -0.2) is 0 Å². The van der Waals surface area contributed by atoms with E-state index in [9.17, 15) is 18.5 Å². The average molecular weight is 381 g/mol. The molecule has 0 aromatic heterocycles. The summed E-state index contributed by atoms with van der Waals surface area (Å²) in [6.07, 6.45) is 3.00. The SMILES string of the molecule is N#C/C(=C\C=C(c1ccccc1)c1ccccc1)C(=O)CCCS(=O)(=O)O. The number of carbonyl (C=O) groups excluding carboxylic acids is 1. The third kappa shape index (κ3) is 6.66. The van der Waals surface area contributed by atoms with Crippen molar-refractivity contribution in [3.8, 4) is 6.07 Å². The predicted molar refractivity (Wildman–Crippen MR) is 104 cm³/mol. The van der Waals surface area contributed by atoms with E-state index in [2.05, 4.69) is 0 Å². The fourth-order valence-electron chi connectivity index (χ4n) is 2.50. The van der Waals surface area contributed by atoms with E-state index < -0.39 is 21.7 Å². The topological polar surface area (TPSA) is 95.2 Å². The number of Topliss-reactive ketones (excluding diaryl/α,β-unsaturated/α-hetero) is 1. The first-order valence-electron chi connectivity index (χ1n) is 8.32. The molecule has 0 atom stereocenters. The van der Waals surface area contributed by atoms with Crippen LogP contribution in [0.25, 0.3) is 5.57 Å². The molecule has 2 rings (SSSR count). The summed E-state index contributed by atoms with van der Waals surface area (Å²) in [4.78, 5) is 12.1. The van der Waals surface area contributed by atoms with E-state index in [0.29, 0.717) is 0 Å². The first kappa shape index (κ1) is 20.3. The van der Waals surface area contributed by atoms with Crippen LogP contribution in [0.2, 0.25) is 0 Å². The highest BCUT2D eigenvalue weighted by atomic mass is 32.2. The molecule has 0 spiro atoms. The van der Waals surface area contributed by atoms with Gasteiger partial charge >= 0.3 is 0 Å². The summed E-state index contributed by atoms with van der Waals surface area (Å²) >= 11 is 0. The lowest BCUT2D eigenvalue weighted by atomic mass is 9.96. The Labute approximate surface area is 159 Å². The van der Waals surface area contributed by atoms with Crippen molar-refractivity contribution in [3.05, 3.63) is 89.5 Å². The summed E-state index contributed by atoms with van der Waals surface area (Å²) in [6, 6.07) is 21.0. The molecule has 0 saturated heterocycles. The number of hydrogen-bond acceptors (Lipinski definition) is 4. The minimum absolute atomic E-state index is 0.0371. The quantitative estimate of drug-likeness (QED) is 0.325. The van der Waals surface area contributed by atoms with Crippen LogP contribution >= 0.6 is 0 Å². The Morgan fingerprint density at radius 2 is 1.48 bits per heavy atom. The highest BCUT2D eigenvalue weighted by molar-refractivity contribution is 7.85. The maximum Gasteiger partial charge on any atom is 0.264 e. The number of nitrogens with zero attached hydrogens (tertiary/aromatic N) is 1. The fraction of sp³-hybridized carbons (Fsp3) is 0.143. The van der Waals surface area contributed by atoms with E-state index in [1.54, 1.807) is 6.08 Å². The maximum absolute atomic E-state index is 12.1. The van der Waals surface area contributed by atoms with Crippen LogP contribution in [0.4, 0.5) is 0 Å². The van der Waals surface area contributed by atoms with Crippen LogP contribution in [0.15, 0.2) is 78.4 Å². The van der Waals surface area contributed by atoms with Gasteiger partial charge in [0.25, 0.3) is 10.1 Å². The Morgan fingerprint density at radius 1 is 0.963 bits per heavy atom. The number of nitriles is 1. The third-order valence-corrected chi connectivity index (χ3v) is 4.62. The number of allylic oxidation sites excluding steroid dienone is 3. The van der Waals surface area contributed by atoms with Gasteiger partial charge in [-0.2, -0.15) is 13.7 Å². The van der Waals surface area contributed by atoms with Gasteiger partial charge in [-0.1, -0.05) is 66.7 Å². The second kappa shape index (κ2) is 9.62. The van der Waals surface area contributed by atoms with E-state index in [1.165, 1.54) is 6.08 Å². The van der Waals surface area contributed by atoms with Crippen LogP contribution in [-0.2, 0) is 14.9 Å². The summed E-state index contributed by atoms with van der Waals surface area (Å²) in [6.45, 7) is 0. The van der Waals surface area contributed by atoms with Crippen LogP contribution in [0.5, 0.6) is 0 Å². The normalized spacial score (nSPS) is 11.5. The van der Waals surface area contributed by atoms with Gasteiger partial charge in [0, 0.05) is 6.42 Å². The molecule has 0 aliphatic heterocycles. The van der Waals surface area contributed by atoms with Crippen molar-refractivity contribution in [1.29, 1.82) is 5.26 Å². The van der Waals surface area contributed by atoms with Gasteiger partial charge in [-0.3, -0.25) is 9.35 Å². The van der Waals surface area contributed by atoms with Crippen LogP contribution in [-0.4, -0.2) is 24.5 Å². The van der Waals surface area contributed by atoms with Crippen molar-refractivity contribution < 1.29 is 17.8 Å². The standard InChI is InChI=1S/C21H19NO4S/c22-16-19(21(23)12-7-15-27(24,25)26)13-14-20(17-8-3-1-4-9-17)18-10-5-2-6-11-18/h1-6,8-11,13-14H,7,12,15H2,(H,24,25,26)/b19-13+. The van der Waals surface area contributed by atoms with Gasteiger partial charge in [0.15, 0.2) is 5.78 Å². The van der Waals surface area contributed by atoms with Crippen molar-refractivity contribution >= 4 is 21.5 Å². The molecule has 0 saturated carbocycles. The summed E-state index contributed by atoms with van der Waals surface area (Å²) in [5.74, 6) is -0.968. The molecule has 27 heavy (non-hydrogen) atoms. The summed E-state index contributed by atoms with van der Waals surface area (Å²) < 4.78 is 30.2. The number of hydrogen-bond donors (Lipinski definition) is 1. The molecular formula is C21H19NO4S. The zero-order chi connectivity index (χ0) is 19.7. The Hall–Kier alpha value is -3.01. The van der Waals surface area contributed by atoms with Gasteiger partial charge in [-0.15, -0.1) is 0 Å². The molecule has 0 radical (unpaired) electrons. The average Bonchev–Trinajstić information content (AvgIpc) is 2.65. The fourth-order valence-corrected chi connectivity index (χ4v) is 3.01. The van der Waals surface area contributed by atoms with E-state index in [0.717, 1.165) is 16.7 Å². The number of carbonyl (C=O) groups is 1. The summed E-state index contributed by atoms with van der Waals surface area (Å²) in [5, 5.41) is 9.27. The molecule has 138 valence electrons. The van der Waals surface area contributed by atoms with Crippen molar-refractivity contribution in [3.63, 3.8) is 0 Å². The molecule has 5 nitrogen and oxygen atoms in total. The Balaban J connectivity index is 2.29. The van der Waals surface area contributed by atoms with Crippen molar-refractivity contribution in [1.82, 2.24) is 0 Å². The number of ketones is 1. The van der Waals surface area contributed by atoms with Crippen molar-refractivity contribution in [2.24, 2.45) is 0 Å². The van der Waals surface area contributed by atoms with Gasteiger partial charge in [0.2, 0.25) is 0 Å². The van der Waals surface area contributed by atoms with Gasteiger partial charge in [0.05, 0.1) is 11.3 Å². The maximum atomic E-state index is 12.1. The molecule has 2 aromatic carbocycles. The van der Waals surface area contributed by atoms with Crippen LogP contribution in [0.3, 0.4) is 0 Å². The number of rotatable bonds is 8. The monoisotopic (exact) mass is 381 g/mol. The van der Waals surface area contributed by atoms with Gasteiger partial charge in [0.1, 0.15) is 6.07 Å². The molecule has 0 aliphatic rings. The van der Waals surface area contributed by atoms with E-state index in [1.807, 2.05) is 66.7 Å². The smallest absolute Gasteiger partial charge is 0.264 e. The molecule has 1 N–H and O–H groups in total. The van der Waals surface area contributed by atoms with E-state index in [-0.39, 0.29) is 18.4 Å². The molecular weight excluding hydrogens is 362 g/mol. The molecule has 0 amide bonds. The molecule has 0 aliphatic carbocycles. The Morgan fingerprint density at radius 3 is 1.93 bits per heavy atom. The van der Waals surface area contributed by atoms with E-state index in [4.69, 9.17) is 4.55 Å². The first-order chi connectivity index (χ1) is 12.9. The van der Waals surface area contributed by atoms with Crippen molar-refractivity contribution in [2.45, 2.75) is 12.8 Å². The second-order valence-electron chi connectivity index (χ2n) is 5.82. The highest BCUT2D eigenvalue weighted by Gasteiger charge is 2.12. The second-order valence-corrected chi connectivity index (χ2v) is 7.39. The van der Waals surface area contributed by atoms with Crippen LogP contribution < -0.4 is 0 Å². The lowest BCUT2D eigenvalue weighted by Gasteiger charge is -2.07. The number of benzene rings is 2.